The molecule has 2 atom stereocenters. The second kappa shape index (κ2) is 8.62. The van der Waals surface area contributed by atoms with Gasteiger partial charge in [0.05, 0.1) is 0 Å². The molecule has 0 spiro atoms. The molecule has 0 aromatic rings. The van der Waals surface area contributed by atoms with Crippen LogP contribution < -0.4 is 10.6 Å². The Balaban J connectivity index is 1.50. The minimum atomic E-state index is 0.873. The van der Waals surface area contributed by atoms with Gasteiger partial charge in [-0.15, -0.1) is 0 Å². The highest BCUT2D eigenvalue weighted by molar-refractivity contribution is 5.79. The largest absolute Gasteiger partial charge is 0.356 e. The number of rotatable bonds is 7. The van der Waals surface area contributed by atoms with Gasteiger partial charge in [-0.05, 0) is 56.4 Å². The summed E-state index contributed by atoms with van der Waals surface area (Å²) in [7, 11) is 1.86. The van der Waals surface area contributed by atoms with Crippen molar-refractivity contribution in [3.63, 3.8) is 0 Å². The van der Waals surface area contributed by atoms with Crippen molar-refractivity contribution in [3.05, 3.63) is 0 Å². The molecule has 2 aliphatic rings. The van der Waals surface area contributed by atoms with Gasteiger partial charge in [-0.1, -0.05) is 13.8 Å². The second-order valence-corrected chi connectivity index (χ2v) is 7.24. The Morgan fingerprint density at radius 3 is 2.43 bits per heavy atom. The van der Waals surface area contributed by atoms with E-state index in [1.807, 2.05) is 7.05 Å². The van der Waals surface area contributed by atoms with Gasteiger partial charge in [0.15, 0.2) is 5.96 Å². The van der Waals surface area contributed by atoms with Crippen LogP contribution in [0, 0.1) is 17.8 Å². The zero-order chi connectivity index (χ0) is 15.1. The molecule has 0 amide bonds. The van der Waals surface area contributed by atoms with E-state index >= 15 is 0 Å². The maximum atomic E-state index is 4.28. The zero-order valence-electron chi connectivity index (χ0n) is 14.2. The van der Waals surface area contributed by atoms with E-state index in [0.717, 1.165) is 36.8 Å². The number of nitrogens with one attached hydrogen (secondary N) is 2. The third-order valence-electron chi connectivity index (χ3n) is 4.62. The fourth-order valence-electron chi connectivity index (χ4n) is 3.43. The lowest BCUT2D eigenvalue weighted by Gasteiger charge is -2.34. The third-order valence-corrected chi connectivity index (χ3v) is 4.62. The van der Waals surface area contributed by atoms with Crippen LogP contribution in [0.3, 0.4) is 0 Å². The van der Waals surface area contributed by atoms with Crippen molar-refractivity contribution in [2.24, 2.45) is 22.7 Å². The van der Waals surface area contributed by atoms with Gasteiger partial charge in [-0.2, -0.15) is 0 Å². The van der Waals surface area contributed by atoms with E-state index in [2.05, 4.69) is 34.4 Å². The van der Waals surface area contributed by atoms with E-state index in [-0.39, 0.29) is 0 Å². The van der Waals surface area contributed by atoms with Gasteiger partial charge in [0, 0.05) is 33.2 Å². The molecule has 21 heavy (non-hydrogen) atoms. The first-order chi connectivity index (χ1) is 10.2. The smallest absolute Gasteiger partial charge is 0.190 e. The number of likely N-dealkylation sites (tertiary alicyclic amines) is 1. The fraction of sp³-hybridized carbons (Fsp3) is 0.941. The summed E-state index contributed by atoms with van der Waals surface area (Å²) in [5.74, 6) is 3.61. The molecule has 4 nitrogen and oxygen atoms in total. The highest BCUT2D eigenvalue weighted by Gasteiger charge is 2.21. The average Bonchev–Trinajstić information content (AvgIpc) is 3.25. The number of hydrogen-bond acceptors (Lipinski definition) is 2. The van der Waals surface area contributed by atoms with Crippen molar-refractivity contribution in [2.75, 3.05) is 39.8 Å². The van der Waals surface area contributed by atoms with Gasteiger partial charge in [0.25, 0.3) is 0 Å². The Morgan fingerprint density at radius 2 is 1.81 bits per heavy atom. The lowest BCUT2D eigenvalue weighted by atomic mass is 9.92. The van der Waals surface area contributed by atoms with E-state index in [4.69, 9.17) is 0 Å². The average molecular weight is 294 g/mol. The predicted octanol–water partition coefficient (Wildman–Crippen LogP) is 2.32. The van der Waals surface area contributed by atoms with E-state index in [9.17, 15) is 0 Å². The number of nitrogens with zero attached hydrogens (tertiary/aromatic N) is 2. The summed E-state index contributed by atoms with van der Waals surface area (Å²) in [6, 6.07) is 0. The SMILES string of the molecule is CN=C(NCCCCN1CC(C)CC(C)C1)NCC1CC1. The van der Waals surface area contributed by atoms with Crippen molar-refractivity contribution in [1.29, 1.82) is 0 Å². The van der Waals surface area contributed by atoms with E-state index < -0.39 is 0 Å². The van der Waals surface area contributed by atoms with Crippen molar-refractivity contribution in [3.8, 4) is 0 Å². The summed E-state index contributed by atoms with van der Waals surface area (Å²) in [6.07, 6.45) is 6.68. The van der Waals surface area contributed by atoms with Crippen LogP contribution in [-0.4, -0.2) is 50.6 Å². The summed E-state index contributed by atoms with van der Waals surface area (Å²) < 4.78 is 0. The first-order valence-corrected chi connectivity index (χ1v) is 8.84. The summed E-state index contributed by atoms with van der Waals surface area (Å²) >= 11 is 0. The first-order valence-electron chi connectivity index (χ1n) is 8.84. The maximum absolute atomic E-state index is 4.28. The number of guanidine groups is 1. The molecule has 2 fully saturated rings. The van der Waals surface area contributed by atoms with Crippen LogP contribution in [-0.2, 0) is 0 Å². The lowest BCUT2D eigenvalue weighted by Crippen LogP contribution is -2.40. The van der Waals surface area contributed by atoms with Crippen LogP contribution in [0.4, 0.5) is 0 Å². The molecule has 0 aromatic heterocycles. The molecule has 0 bridgehead atoms. The quantitative estimate of drug-likeness (QED) is 0.430. The molecule has 4 heteroatoms. The number of aliphatic imine (C=N–C) groups is 1. The zero-order valence-corrected chi connectivity index (χ0v) is 14.2. The van der Waals surface area contributed by atoms with Crippen molar-refractivity contribution >= 4 is 5.96 Å². The van der Waals surface area contributed by atoms with Crippen molar-refractivity contribution in [2.45, 2.75) is 46.0 Å². The summed E-state index contributed by atoms with van der Waals surface area (Å²) in [4.78, 5) is 6.93. The van der Waals surface area contributed by atoms with Gasteiger partial charge in [-0.3, -0.25) is 4.99 Å². The van der Waals surface area contributed by atoms with Crippen molar-refractivity contribution in [1.82, 2.24) is 15.5 Å². The number of unbranched alkanes of at least 4 members (excludes halogenated alkanes) is 1. The van der Waals surface area contributed by atoms with Crippen LogP contribution in [0.1, 0.15) is 46.0 Å². The molecule has 1 saturated heterocycles. The Labute approximate surface area is 130 Å². The summed E-state index contributed by atoms with van der Waals surface area (Å²) in [5.41, 5.74) is 0. The molecule has 2 rings (SSSR count). The minimum absolute atomic E-state index is 0.873. The molecule has 1 aliphatic carbocycles. The molecule has 122 valence electrons. The van der Waals surface area contributed by atoms with Gasteiger partial charge < -0.3 is 15.5 Å². The van der Waals surface area contributed by atoms with Crippen LogP contribution in [0.5, 0.6) is 0 Å². The first kappa shape index (κ1) is 16.6. The van der Waals surface area contributed by atoms with E-state index in [0.29, 0.717) is 0 Å². The van der Waals surface area contributed by atoms with Crippen LogP contribution in [0.2, 0.25) is 0 Å². The highest BCUT2D eigenvalue weighted by atomic mass is 15.2. The molecule has 1 saturated carbocycles. The van der Waals surface area contributed by atoms with Gasteiger partial charge in [0.1, 0.15) is 0 Å². The van der Waals surface area contributed by atoms with Gasteiger partial charge in [-0.25, -0.2) is 0 Å². The Kier molecular flexibility index (Phi) is 6.81. The molecular formula is C17H34N4. The molecule has 2 N–H and O–H groups in total. The topological polar surface area (TPSA) is 39.7 Å². The van der Waals surface area contributed by atoms with Crippen LogP contribution >= 0.6 is 0 Å². The van der Waals surface area contributed by atoms with Gasteiger partial charge >= 0.3 is 0 Å². The summed E-state index contributed by atoms with van der Waals surface area (Å²) in [6.45, 7) is 10.7. The lowest BCUT2D eigenvalue weighted by molar-refractivity contribution is 0.139. The van der Waals surface area contributed by atoms with E-state index in [1.165, 1.54) is 51.7 Å². The molecule has 1 heterocycles. The van der Waals surface area contributed by atoms with Crippen LogP contribution in [0.15, 0.2) is 4.99 Å². The Morgan fingerprint density at radius 1 is 1.10 bits per heavy atom. The second-order valence-electron chi connectivity index (χ2n) is 7.24. The van der Waals surface area contributed by atoms with E-state index in [1.54, 1.807) is 0 Å². The molecule has 2 unspecified atom stereocenters. The Hall–Kier alpha value is -0.770. The number of hydrogen-bond donors (Lipinski definition) is 2. The van der Waals surface area contributed by atoms with Crippen LogP contribution in [0.25, 0.3) is 0 Å². The molecule has 0 radical (unpaired) electrons. The predicted molar refractivity (Wildman–Crippen MR) is 90.7 cm³/mol. The fourth-order valence-corrected chi connectivity index (χ4v) is 3.43. The Bertz CT molecular complexity index is 315. The van der Waals surface area contributed by atoms with Gasteiger partial charge in [0.2, 0.25) is 0 Å². The normalized spacial score (nSPS) is 27.7. The third kappa shape index (κ3) is 6.68. The standard InChI is InChI=1S/C17H34N4/c1-14-10-15(2)13-21(12-14)9-5-4-8-19-17(18-3)20-11-16-6-7-16/h14-16H,4-13H2,1-3H3,(H2,18,19,20). The maximum Gasteiger partial charge on any atom is 0.190 e. The summed E-state index contributed by atoms with van der Waals surface area (Å²) in [5, 5.41) is 6.84. The molecule has 0 aromatic carbocycles. The molecule has 1 aliphatic heterocycles. The monoisotopic (exact) mass is 294 g/mol. The van der Waals surface area contributed by atoms with Crippen molar-refractivity contribution < 1.29 is 0 Å². The highest BCUT2D eigenvalue weighted by Crippen LogP contribution is 2.27. The number of piperidine rings is 1. The molecular weight excluding hydrogens is 260 g/mol. The minimum Gasteiger partial charge on any atom is -0.356 e.